The largest absolute Gasteiger partial charge is 0.210 e. The zero-order chi connectivity index (χ0) is 91.1. The van der Waals surface area contributed by atoms with Crippen LogP contribution >= 0.6 is 0 Å². The van der Waals surface area contributed by atoms with Crippen LogP contribution in [0.2, 0.25) is 0 Å². The van der Waals surface area contributed by atoms with Gasteiger partial charge in [0.1, 0.15) is 93.2 Å². The van der Waals surface area contributed by atoms with E-state index >= 15 is 70.2 Å². The van der Waals surface area contributed by atoms with Gasteiger partial charge in [-0.2, -0.15) is 0 Å². The summed E-state index contributed by atoms with van der Waals surface area (Å²) < 4.78 is 529. The summed E-state index contributed by atoms with van der Waals surface area (Å²) in [5.74, 6) is -116. The summed E-state index contributed by atoms with van der Waals surface area (Å²) in [5, 5.41) is 0. The highest BCUT2D eigenvalue weighted by molar-refractivity contribution is 7.21. The van der Waals surface area contributed by atoms with Crippen LogP contribution in [-0.4, -0.2) is 12.3 Å². The fourth-order valence-corrected chi connectivity index (χ4v) is 14.3. The van der Waals surface area contributed by atoms with Crippen LogP contribution in [-0.2, 0) is 0 Å². The van der Waals surface area contributed by atoms with Crippen LogP contribution in [0.25, 0.3) is 11.1 Å². The lowest BCUT2D eigenvalue weighted by Gasteiger charge is -2.44. The van der Waals surface area contributed by atoms with E-state index in [4.69, 9.17) is 0 Å². The highest BCUT2D eigenvalue weighted by Crippen LogP contribution is 2.36. The molecule has 14 rings (SSSR count). The SMILES string of the molecule is C1=C[CH+]C(=C(c2ccccc2)c2ccccc2)C=C1.C1=C[CH+]C(=C(c2ccccc2)c2ccccc2)C=C1.Fc1c(F)c(F)c([B-](c2c(F)c(F)c(F)c(F)c2F)(c2c(F)c(F)c(F)c(F)c2F)c2c(F)c(F)c(F)c(F)c2F)c(F)c1F.Fc1cc(F)c([B-](c2c(F)cc(F)c(F)c2F)(c2c(F)cc(F)c(F)c2F)c2c(F)cc(F)c(F)c2F)c(F)c1F. The van der Waals surface area contributed by atoms with Gasteiger partial charge in [-0.25, -0.2) is 158 Å². The van der Waals surface area contributed by atoms with Crippen molar-refractivity contribution in [2.45, 2.75) is 0 Å². The first-order valence-corrected chi connectivity index (χ1v) is 34.4. The zero-order valence-corrected chi connectivity index (χ0v) is 60.4. The Bertz CT molecular complexity index is 5620. The molecule has 0 unspecified atom stereocenters. The Morgan fingerprint density at radius 1 is 0.169 bits per heavy atom. The molecular formula is C86H34B2F36. The predicted molar refractivity (Wildman–Crippen MR) is 382 cm³/mol. The minimum Gasteiger partial charge on any atom is -0.210 e. The van der Waals surface area contributed by atoms with Crippen LogP contribution in [0.1, 0.15) is 22.3 Å². The molecular weight excluding hydrogens is 1740 g/mol. The molecule has 0 bridgehead atoms. The molecule has 0 fully saturated rings. The van der Waals surface area contributed by atoms with Gasteiger partial charge in [-0.1, -0.05) is 72.8 Å². The molecule has 0 nitrogen and oxygen atoms in total. The maximum atomic E-state index is 15.4. The van der Waals surface area contributed by atoms with E-state index < -0.39 is 290 Å². The Balaban J connectivity index is 0.000000172. The number of benzene rings is 12. The van der Waals surface area contributed by atoms with Crippen molar-refractivity contribution in [1.82, 2.24) is 0 Å². The summed E-state index contributed by atoms with van der Waals surface area (Å²) >= 11 is 0. The zero-order valence-electron chi connectivity index (χ0n) is 60.4. The lowest BCUT2D eigenvalue weighted by molar-refractivity contribution is 0.378. The van der Waals surface area contributed by atoms with E-state index in [9.17, 15) is 87.8 Å². The molecule has 38 heteroatoms. The van der Waals surface area contributed by atoms with Crippen molar-refractivity contribution in [2.24, 2.45) is 0 Å². The second kappa shape index (κ2) is 36.2. The lowest BCUT2D eigenvalue weighted by Crippen LogP contribution is -2.81. The van der Waals surface area contributed by atoms with Gasteiger partial charge < -0.3 is 0 Å². The number of allylic oxidation sites excluding steroid dienone is 10. The molecule has 0 aromatic heterocycles. The van der Waals surface area contributed by atoms with Gasteiger partial charge in [-0.3, -0.25) is 0 Å². The summed E-state index contributed by atoms with van der Waals surface area (Å²) in [7, 11) is 0. The van der Waals surface area contributed by atoms with E-state index in [-0.39, 0.29) is 0 Å². The first kappa shape index (κ1) is 91.2. The Morgan fingerprint density at radius 3 is 0.500 bits per heavy atom. The van der Waals surface area contributed by atoms with Crippen LogP contribution in [0, 0.1) is 222 Å². The third-order valence-electron chi connectivity index (χ3n) is 19.4. The Morgan fingerprint density at radius 2 is 0.331 bits per heavy atom. The van der Waals surface area contributed by atoms with Crippen molar-refractivity contribution in [1.29, 1.82) is 0 Å². The predicted octanol–water partition coefficient (Wildman–Crippen LogP) is 20.8. The fourth-order valence-electron chi connectivity index (χ4n) is 14.3. The molecule has 0 N–H and O–H groups in total. The second-order valence-corrected chi connectivity index (χ2v) is 26.1. The molecule has 12 aromatic rings. The Hall–Kier alpha value is -13.6. The van der Waals surface area contributed by atoms with Crippen molar-refractivity contribution in [3.05, 3.63) is 450 Å². The third kappa shape index (κ3) is 15.7. The monoisotopic (exact) mass is 1770 g/mol. The molecule has 124 heavy (non-hydrogen) atoms. The molecule has 0 aliphatic heterocycles. The molecule has 12 aromatic carbocycles. The second-order valence-electron chi connectivity index (χ2n) is 26.1. The maximum Gasteiger partial charge on any atom is 0.200 e. The molecule has 0 heterocycles. The number of halogens is 36. The van der Waals surface area contributed by atoms with Gasteiger partial charge in [0.15, 0.2) is 116 Å². The summed E-state index contributed by atoms with van der Waals surface area (Å²) in [6.07, 6.45) is 7.69. The molecule has 0 saturated carbocycles. The van der Waals surface area contributed by atoms with Crippen LogP contribution in [0.3, 0.4) is 0 Å². The van der Waals surface area contributed by atoms with Gasteiger partial charge in [0.25, 0.3) is 0 Å². The maximum absolute atomic E-state index is 15.4. The number of rotatable bonds is 12. The first-order chi connectivity index (χ1) is 58.6. The van der Waals surface area contributed by atoms with E-state index in [0.717, 1.165) is 0 Å². The van der Waals surface area contributed by atoms with Crippen molar-refractivity contribution < 1.29 is 158 Å². The first-order valence-electron chi connectivity index (χ1n) is 34.4. The van der Waals surface area contributed by atoms with Gasteiger partial charge in [-0.05, 0) is 48.5 Å². The Kier molecular flexibility index (Phi) is 26.6. The number of hydrogen-bond acceptors (Lipinski definition) is 0. The summed E-state index contributed by atoms with van der Waals surface area (Å²) in [6, 6.07) is 39.3. The standard InChI is InChI=1S/C24BF20.C24H4BF16.2C19H15/c26-5-1(6(27)14(35)21(42)13(5)34)25(2-7(28)15(36)22(43)16(37)8(2)29,3-9(30)17(38)23(44)18(39)10(3)31)4-11(32)19(40)24(45)20(41)12(4)33;26-5-1-9(30)17(34)21(38)13(5)25(14-6(27)2-10(31)18(35)22(14)39,15-7(28)3-11(32)19(36)23(15)40)16-8(29)4-12(33)20(37)24(16)41;2*1-4-10-16(11-5-1)19(17-12-6-2-7-13-17)18-14-8-3-9-15-18/h;1-4H;2*1-15H/q2*-1;2*+1. The molecule has 0 saturated heterocycles. The molecule has 636 valence electrons. The highest BCUT2D eigenvalue weighted by atomic mass is 19.2. The van der Waals surface area contributed by atoms with E-state index in [1.54, 1.807) is 0 Å². The quantitative estimate of drug-likeness (QED) is 0.0376. The molecule has 0 atom stereocenters. The minimum absolute atomic E-state index is 0.731. The third-order valence-corrected chi connectivity index (χ3v) is 19.4. The molecule has 0 spiro atoms. The smallest absolute Gasteiger partial charge is 0.200 e. The fraction of sp³-hybridized carbons (Fsp3) is 0. The topological polar surface area (TPSA) is 0 Å². The van der Waals surface area contributed by atoms with E-state index in [0.29, 0.717) is 0 Å². The van der Waals surface area contributed by atoms with Gasteiger partial charge in [0, 0.05) is 108 Å². The molecule has 0 amide bonds. The van der Waals surface area contributed by atoms with Crippen LogP contribution < -0.4 is 43.7 Å². The molecule has 2 aliphatic carbocycles. The summed E-state index contributed by atoms with van der Waals surface area (Å²) in [6.45, 7) is 0. The highest BCUT2D eigenvalue weighted by Gasteiger charge is 2.54. The average molecular weight is 1770 g/mol. The van der Waals surface area contributed by atoms with Gasteiger partial charge in [-0.15, -0.1) is 43.7 Å². The van der Waals surface area contributed by atoms with Crippen LogP contribution in [0.15, 0.2) is 205 Å². The lowest BCUT2D eigenvalue weighted by atomic mass is 9.12. The van der Waals surface area contributed by atoms with Crippen LogP contribution in [0.5, 0.6) is 0 Å². The number of hydrogen-bond donors (Lipinski definition) is 0. The van der Waals surface area contributed by atoms with E-state index in [2.05, 4.69) is 183 Å². The Labute approximate surface area is 672 Å². The van der Waals surface area contributed by atoms with E-state index in [1.165, 1.54) is 44.5 Å². The van der Waals surface area contributed by atoms with Gasteiger partial charge in [0.2, 0.25) is 0 Å². The minimum atomic E-state index is -7.22. The average Bonchev–Trinajstić information content (AvgIpc) is 0.683. The van der Waals surface area contributed by atoms with Crippen molar-refractivity contribution in [3.63, 3.8) is 0 Å². The van der Waals surface area contributed by atoms with Crippen molar-refractivity contribution >= 4 is 67.1 Å². The van der Waals surface area contributed by atoms with Gasteiger partial charge >= 0.3 is 0 Å². The normalized spacial score (nSPS) is 12.3. The van der Waals surface area contributed by atoms with Gasteiger partial charge in [0.05, 0.1) is 34.4 Å². The summed E-state index contributed by atoms with van der Waals surface area (Å²) in [4.78, 5) is 0. The molecule has 2 aliphatic rings. The van der Waals surface area contributed by atoms with Crippen molar-refractivity contribution in [2.75, 3.05) is 0 Å². The van der Waals surface area contributed by atoms with E-state index in [1.807, 2.05) is 0 Å². The molecule has 0 radical (unpaired) electrons. The van der Waals surface area contributed by atoms with Crippen LogP contribution in [0.4, 0.5) is 158 Å². The van der Waals surface area contributed by atoms with Crippen molar-refractivity contribution in [3.8, 4) is 0 Å². The summed E-state index contributed by atoms with van der Waals surface area (Å²) in [5.41, 5.74) is -15.2.